The maximum absolute atomic E-state index is 13.0. The fraction of sp³-hybridized carbons (Fsp3) is 0.417. The van der Waals surface area contributed by atoms with E-state index in [1.54, 1.807) is 0 Å². The number of pyridine rings is 1. The van der Waals surface area contributed by atoms with Gasteiger partial charge in [0.05, 0.1) is 12.7 Å². The molecule has 3 rings (SSSR count). The molecule has 1 aliphatic rings. The van der Waals surface area contributed by atoms with Gasteiger partial charge >= 0.3 is 0 Å². The first kappa shape index (κ1) is 11.9. The summed E-state index contributed by atoms with van der Waals surface area (Å²) in [5.41, 5.74) is 0.539. The number of halogens is 1. The second-order valence-corrected chi connectivity index (χ2v) is 4.53. The summed E-state index contributed by atoms with van der Waals surface area (Å²) in [6.45, 7) is 1.81. The number of aromatic nitrogens is 3. The first-order valence-electron chi connectivity index (χ1n) is 6.26. The zero-order valence-electron chi connectivity index (χ0n) is 10.3. The zero-order chi connectivity index (χ0) is 13.2. The molecule has 0 radical (unpaired) electrons. The Hall–Kier alpha value is -2.18. The highest BCUT2D eigenvalue weighted by molar-refractivity contribution is 5.80. The van der Waals surface area contributed by atoms with Crippen LogP contribution < -0.4 is 5.32 Å². The molecule has 0 saturated carbocycles. The minimum atomic E-state index is -0.378. The molecular weight excluding hydrogens is 249 g/mol. The van der Waals surface area contributed by atoms with Crippen LogP contribution in [-0.4, -0.2) is 45.0 Å². The quantitative estimate of drug-likeness (QED) is 0.893. The van der Waals surface area contributed by atoms with Crippen molar-refractivity contribution in [2.75, 3.05) is 25.0 Å². The second-order valence-electron chi connectivity index (χ2n) is 4.53. The van der Waals surface area contributed by atoms with Crippen LogP contribution in [0.1, 0.15) is 12.8 Å². The summed E-state index contributed by atoms with van der Waals surface area (Å²) in [5, 5.41) is 6.93. The first-order chi connectivity index (χ1) is 9.22. The monoisotopic (exact) mass is 263 g/mol. The molecule has 2 aromatic rings. The lowest BCUT2D eigenvalue weighted by molar-refractivity contribution is -0.128. The van der Waals surface area contributed by atoms with Crippen LogP contribution >= 0.6 is 0 Å². The number of hydrogen-bond donors (Lipinski definition) is 1. The van der Waals surface area contributed by atoms with Crippen molar-refractivity contribution < 1.29 is 9.18 Å². The third-order valence-electron chi connectivity index (χ3n) is 3.15. The van der Waals surface area contributed by atoms with Gasteiger partial charge < -0.3 is 10.2 Å². The van der Waals surface area contributed by atoms with Crippen molar-refractivity contribution in [2.24, 2.45) is 0 Å². The van der Waals surface area contributed by atoms with Gasteiger partial charge in [0.25, 0.3) is 0 Å². The second kappa shape index (κ2) is 4.83. The molecule has 0 atom stereocenters. The number of rotatable bonds is 3. The van der Waals surface area contributed by atoms with Crippen LogP contribution in [0.15, 0.2) is 18.3 Å². The summed E-state index contributed by atoms with van der Waals surface area (Å²) in [6, 6.07) is 2.86. The number of anilines is 1. The minimum absolute atomic E-state index is 0.0440. The maximum Gasteiger partial charge on any atom is 0.243 e. The average molecular weight is 263 g/mol. The highest BCUT2D eigenvalue weighted by Gasteiger charge is 2.17. The molecule has 0 bridgehead atoms. The van der Waals surface area contributed by atoms with E-state index in [4.69, 9.17) is 0 Å². The van der Waals surface area contributed by atoms with Crippen LogP contribution in [0.2, 0.25) is 0 Å². The topological polar surface area (TPSA) is 62.5 Å². The SMILES string of the molecule is O=C(CNc1nc2ccc(F)cn2n1)N1CCCC1. The number of fused-ring (bicyclic) bond motifs is 1. The molecule has 7 heteroatoms. The lowest BCUT2D eigenvalue weighted by Gasteiger charge is -2.14. The first-order valence-corrected chi connectivity index (χ1v) is 6.26. The number of carbonyl (C=O) groups excluding carboxylic acids is 1. The van der Waals surface area contributed by atoms with Gasteiger partial charge in [-0.25, -0.2) is 8.91 Å². The Bertz CT molecular complexity index is 605. The molecule has 1 N–H and O–H groups in total. The van der Waals surface area contributed by atoms with Crippen LogP contribution in [0.25, 0.3) is 5.65 Å². The van der Waals surface area contributed by atoms with Crippen LogP contribution in [0.5, 0.6) is 0 Å². The summed E-state index contributed by atoms with van der Waals surface area (Å²) in [5.74, 6) is -0.00206. The molecule has 1 fully saturated rings. The molecule has 1 saturated heterocycles. The smallest absolute Gasteiger partial charge is 0.243 e. The van der Waals surface area contributed by atoms with E-state index in [0.29, 0.717) is 11.6 Å². The fourth-order valence-corrected chi connectivity index (χ4v) is 2.17. The molecule has 0 unspecified atom stereocenters. The lowest BCUT2D eigenvalue weighted by atomic mass is 10.4. The van der Waals surface area contributed by atoms with Crippen molar-refractivity contribution in [1.82, 2.24) is 19.5 Å². The van der Waals surface area contributed by atoms with E-state index in [0.717, 1.165) is 25.9 Å². The molecule has 100 valence electrons. The van der Waals surface area contributed by atoms with E-state index >= 15 is 0 Å². The molecule has 2 aromatic heterocycles. The van der Waals surface area contributed by atoms with Crippen molar-refractivity contribution in [1.29, 1.82) is 0 Å². The third-order valence-corrected chi connectivity index (χ3v) is 3.15. The van der Waals surface area contributed by atoms with Crippen molar-refractivity contribution in [3.05, 3.63) is 24.1 Å². The van der Waals surface area contributed by atoms with E-state index in [2.05, 4.69) is 15.4 Å². The number of likely N-dealkylation sites (tertiary alicyclic amines) is 1. The number of nitrogens with one attached hydrogen (secondary N) is 1. The van der Waals surface area contributed by atoms with Crippen molar-refractivity contribution in [2.45, 2.75) is 12.8 Å². The van der Waals surface area contributed by atoms with Gasteiger partial charge in [0.15, 0.2) is 5.65 Å². The van der Waals surface area contributed by atoms with Crippen LogP contribution in [0.3, 0.4) is 0 Å². The summed E-state index contributed by atoms with van der Waals surface area (Å²) in [7, 11) is 0. The molecule has 0 aliphatic carbocycles. The summed E-state index contributed by atoms with van der Waals surface area (Å²) in [6.07, 6.45) is 3.38. The molecular formula is C12H14FN5O. The highest BCUT2D eigenvalue weighted by Crippen LogP contribution is 2.09. The van der Waals surface area contributed by atoms with Gasteiger partial charge in [0, 0.05) is 13.1 Å². The predicted molar refractivity (Wildman–Crippen MR) is 67.2 cm³/mol. The molecule has 1 amide bonds. The molecule has 6 nitrogen and oxygen atoms in total. The van der Waals surface area contributed by atoms with E-state index in [1.165, 1.54) is 22.8 Å². The van der Waals surface area contributed by atoms with E-state index in [-0.39, 0.29) is 18.3 Å². The molecule has 19 heavy (non-hydrogen) atoms. The normalized spacial score (nSPS) is 15.1. The zero-order valence-corrected chi connectivity index (χ0v) is 10.3. The van der Waals surface area contributed by atoms with Gasteiger partial charge in [-0.15, -0.1) is 5.10 Å². The fourth-order valence-electron chi connectivity index (χ4n) is 2.17. The van der Waals surface area contributed by atoms with Gasteiger partial charge in [0.1, 0.15) is 5.82 Å². The Kier molecular flexibility index (Phi) is 3.02. The third kappa shape index (κ3) is 2.49. The Labute approximate surface area is 109 Å². The Morgan fingerprint density at radius 2 is 2.16 bits per heavy atom. The molecule has 3 heterocycles. The maximum atomic E-state index is 13.0. The Morgan fingerprint density at radius 3 is 2.95 bits per heavy atom. The Morgan fingerprint density at radius 1 is 1.37 bits per heavy atom. The standard InChI is InChI=1S/C12H14FN5O/c13-9-3-4-10-15-12(16-18(10)8-9)14-7-11(19)17-5-1-2-6-17/h3-4,8H,1-2,5-7H2,(H,14,16). The van der Waals surface area contributed by atoms with E-state index < -0.39 is 0 Å². The summed E-state index contributed by atoms with van der Waals surface area (Å²) < 4.78 is 14.3. The largest absolute Gasteiger partial charge is 0.344 e. The Balaban J connectivity index is 1.66. The number of carbonyl (C=O) groups is 1. The molecule has 1 aliphatic heterocycles. The van der Waals surface area contributed by atoms with Crippen molar-refractivity contribution >= 4 is 17.5 Å². The predicted octanol–water partition coefficient (Wildman–Crippen LogP) is 0.903. The number of nitrogens with zero attached hydrogens (tertiary/aromatic N) is 4. The molecule has 0 spiro atoms. The van der Waals surface area contributed by atoms with Gasteiger partial charge in [-0.05, 0) is 25.0 Å². The number of hydrogen-bond acceptors (Lipinski definition) is 4. The van der Waals surface area contributed by atoms with Gasteiger partial charge in [-0.3, -0.25) is 4.79 Å². The van der Waals surface area contributed by atoms with Crippen molar-refractivity contribution in [3.8, 4) is 0 Å². The van der Waals surface area contributed by atoms with Gasteiger partial charge in [0.2, 0.25) is 11.9 Å². The van der Waals surface area contributed by atoms with E-state index in [1.807, 2.05) is 4.90 Å². The lowest BCUT2D eigenvalue weighted by Crippen LogP contribution is -2.33. The van der Waals surface area contributed by atoms with Gasteiger partial charge in [-0.2, -0.15) is 4.98 Å². The van der Waals surface area contributed by atoms with Crippen LogP contribution in [0.4, 0.5) is 10.3 Å². The van der Waals surface area contributed by atoms with Gasteiger partial charge in [-0.1, -0.05) is 0 Å². The minimum Gasteiger partial charge on any atom is -0.344 e. The molecule has 0 aromatic carbocycles. The van der Waals surface area contributed by atoms with Crippen molar-refractivity contribution in [3.63, 3.8) is 0 Å². The van der Waals surface area contributed by atoms with Crippen LogP contribution in [0, 0.1) is 5.82 Å². The number of amides is 1. The summed E-state index contributed by atoms with van der Waals surface area (Å²) >= 11 is 0. The average Bonchev–Trinajstić information content (AvgIpc) is 3.04. The highest BCUT2D eigenvalue weighted by atomic mass is 19.1. The van der Waals surface area contributed by atoms with Crippen LogP contribution in [-0.2, 0) is 4.79 Å². The summed E-state index contributed by atoms with van der Waals surface area (Å²) in [4.78, 5) is 17.8. The van der Waals surface area contributed by atoms with E-state index in [9.17, 15) is 9.18 Å².